The first-order chi connectivity index (χ1) is 9.29. The molecule has 0 fully saturated rings. The Bertz CT molecular complexity index is 552. The minimum Gasteiger partial charge on any atom is -0.481 e. The van der Waals surface area contributed by atoms with Crippen LogP contribution in [0.15, 0.2) is 18.2 Å². The molecule has 0 aliphatic rings. The van der Waals surface area contributed by atoms with Gasteiger partial charge in [0.25, 0.3) is 0 Å². The van der Waals surface area contributed by atoms with Crippen molar-refractivity contribution in [2.24, 2.45) is 0 Å². The predicted octanol–water partition coefficient (Wildman–Crippen LogP) is 1.53. The summed E-state index contributed by atoms with van der Waals surface area (Å²) in [7, 11) is 0. The van der Waals surface area contributed by atoms with E-state index in [0.717, 1.165) is 6.07 Å². The zero-order valence-electron chi connectivity index (χ0n) is 9.89. The van der Waals surface area contributed by atoms with Crippen molar-refractivity contribution in [1.82, 2.24) is 5.32 Å². The Hall–Kier alpha value is -2.35. The molecule has 1 unspecified atom stereocenters. The number of halogens is 2. The number of carboxylic acids is 2. The molecular formula is C11H10ClFN2O5. The Morgan fingerprint density at radius 1 is 1.30 bits per heavy atom. The van der Waals surface area contributed by atoms with Crippen molar-refractivity contribution in [1.29, 1.82) is 0 Å². The van der Waals surface area contributed by atoms with Gasteiger partial charge in [0, 0.05) is 5.02 Å². The minimum absolute atomic E-state index is 0.128. The van der Waals surface area contributed by atoms with Crippen LogP contribution in [0.25, 0.3) is 0 Å². The van der Waals surface area contributed by atoms with Crippen molar-refractivity contribution >= 4 is 35.3 Å². The van der Waals surface area contributed by atoms with Gasteiger partial charge in [0.1, 0.15) is 11.9 Å². The van der Waals surface area contributed by atoms with Gasteiger partial charge in [-0.1, -0.05) is 11.6 Å². The highest BCUT2D eigenvalue weighted by Gasteiger charge is 2.23. The molecule has 1 rings (SSSR count). The molecule has 108 valence electrons. The normalized spacial score (nSPS) is 11.5. The molecule has 1 aromatic carbocycles. The monoisotopic (exact) mass is 304 g/mol. The van der Waals surface area contributed by atoms with Gasteiger partial charge >= 0.3 is 18.0 Å². The second-order valence-electron chi connectivity index (χ2n) is 3.71. The molecule has 0 saturated carbocycles. The van der Waals surface area contributed by atoms with E-state index >= 15 is 0 Å². The quantitative estimate of drug-likeness (QED) is 0.658. The van der Waals surface area contributed by atoms with Crippen LogP contribution in [-0.2, 0) is 9.59 Å². The van der Waals surface area contributed by atoms with Crippen molar-refractivity contribution in [3.8, 4) is 0 Å². The molecule has 0 aromatic heterocycles. The number of anilines is 1. The second kappa shape index (κ2) is 6.71. The van der Waals surface area contributed by atoms with Gasteiger partial charge in [0.15, 0.2) is 0 Å². The number of urea groups is 1. The summed E-state index contributed by atoms with van der Waals surface area (Å²) in [6.07, 6.45) is -0.800. The van der Waals surface area contributed by atoms with Crippen molar-refractivity contribution in [3.63, 3.8) is 0 Å². The van der Waals surface area contributed by atoms with Crippen LogP contribution < -0.4 is 10.6 Å². The Balaban J connectivity index is 2.70. The zero-order chi connectivity index (χ0) is 15.3. The lowest BCUT2D eigenvalue weighted by Crippen LogP contribution is -2.44. The number of carbonyl (C=O) groups is 3. The van der Waals surface area contributed by atoms with Gasteiger partial charge in [-0.15, -0.1) is 0 Å². The molecule has 2 amide bonds. The van der Waals surface area contributed by atoms with Gasteiger partial charge < -0.3 is 20.8 Å². The lowest BCUT2D eigenvalue weighted by atomic mass is 10.2. The third-order valence-electron chi connectivity index (χ3n) is 2.16. The van der Waals surface area contributed by atoms with E-state index in [-0.39, 0.29) is 10.7 Å². The highest BCUT2D eigenvalue weighted by atomic mass is 35.5. The van der Waals surface area contributed by atoms with Crippen LogP contribution >= 0.6 is 11.6 Å². The van der Waals surface area contributed by atoms with E-state index in [9.17, 15) is 18.8 Å². The van der Waals surface area contributed by atoms with Crippen LogP contribution in [0.2, 0.25) is 5.02 Å². The molecule has 20 heavy (non-hydrogen) atoms. The van der Waals surface area contributed by atoms with Crippen LogP contribution in [0.3, 0.4) is 0 Å². The third-order valence-corrected chi connectivity index (χ3v) is 2.40. The fourth-order valence-corrected chi connectivity index (χ4v) is 1.44. The molecule has 1 aromatic rings. The number of carboxylic acid groups (broad SMARTS) is 2. The minimum atomic E-state index is -1.62. The van der Waals surface area contributed by atoms with Gasteiger partial charge in [-0.25, -0.2) is 14.0 Å². The maximum absolute atomic E-state index is 13.4. The highest BCUT2D eigenvalue weighted by molar-refractivity contribution is 6.30. The first kappa shape index (κ1) is 15.7. The third kappa shape index (κ3) is 4.73. The van der Waals surface area contributed by atoms with E-state index < -0.39 is 36.2 Å². The fraction of sp³-hybridized carbons (Fsp3) is 0.182. The highest BCUT2D eigenvalue weighted by Crippen LogP contribution is 2.18. The summed E-state index contributed by atoms with van der Waals surface area (Å²) in [4.78, 5) is 32.6. The number of hydrogen-bond acceptors (Lipinski definition) is 3. The SMILES string of the molecule is O=C(O)CC(NC(=O)Nc1ccc(Cl)cc1F)C(=O)O. The molecule has 0 aliphatic heterocycles. The maximum atomic E-state index is 13.4. The number of nitrogens with one attached hydrogen (secondary N) is 2. The Morgan fingerprint density at radius 2 is 1.95 bits per heavy atom. The standard InChI is InChI=1S/C11H10ClFN2O5/c12-5-1-2-7(6(13)3-5)14-11(20)15-8(10(18)19)4-9(16)17/h1-3,8H,4H2,(H,16,17)(H,18,19)(H2,14,15,20). The van der Waals surface area contributed by atoms with Gasteiger partial charge in [-0.3, -0.25) is 4.79 Å². The molecule has 9 heteroatoms. The number of carbonyl (C=O) groups excluding carboxylic acids is 1. The summed E-state index contributed by atoms with van der Waals surface area (Å²) in [5, 5.41) is 21.3. The van der Waals surface area contributed by atoms with Crippen molar-refractivity contribution in [2.75, 3.05) is 5.32 Å². The number of benzene rings is 1. The van der Waals surface area contributed by atoms with Crippen LogP contribution in [0.4, 0.5) is 14.9 Å². The van der Waals surface area contributed by atoms with Crippen molar-refractivity contribution in [2.45, 2.75) is 12.5 Å². The number of amides is 2. The summed E-state index contributed by atoms with van der Waals surface area (Å²) in [5.74, 6) is -3.72. The van der Waals surface area contributed by atoms with E-state index in [1.807, 2.05) is 5.32 Å². The van der Waals surface area contributed by atoms with E-state index in [1.54, 1.807) is 0 Å². The number of hydrogen-bond donors (Lipinski definition) is 4. The molecule has 0 spiro atoms. The summed E-state index contributed by atoms with van der Waals surface area (Å²) >= 11 is 5.53. The van der Waals surface area contributed by atoms with Crippen LogP contribution in [0.1, 0.15) is 6.42 Å². The molecule has 1 atom stereocenters. The molecule has 0 bridgehead atoms. The summed E-state index contributed by atoms with van der Waals surface area (Å²) in [5.41, 5.74) is -0.216. The fourth-order valence-electron chi connectivity index (χ4n) is 1.28. The molecule has 7 nitrogen and oxygen atoms in total. The summed E-state index contributed by atoms with van der Waals surface area (Å²) in [6.45, 7) is 0. The lowest BCUT2D eigenvalue weighted by Gasteiger charge is -2.13. The first-order valence-electron chi connectivity index (χ1n) is 5.26. The maximum Gasteiger partial charge on any atom is 0.326 e. The van der Waals surface area contributed by atoms with Gasteiger partial charge in [0.05, 0.1) is 12.1 Å². The summed E-state index contributed by atoms with van der Waals surface area (Å²) in [6, 6.07) is 0.808. The Labute approximate surface area is 117 Å². The molecule has 0 radical (unpaired) electrons. The smallest absolute Gasteiger partial charge is 0.326 e. The number of aliphatic carboxylic acids is 2. The van der Waals surface area contributed by atoms with E-state index in [0.29, 0.717) is 0 Å². The van der Waals surface area contributed by atoms with Gasteiger partial charge in [-0.2, -0.15) is 0 Å². The van der Waals surface area contributed by atoms with E-state index in [4.69, 9.17) is 21.8 Å². The predicted molar refractivity (Wildman–Crippen MR) is 67.2 cm³/mol. The van der Waals surface area contributed by atoms with Gasteiger partial charge in [-0.05, 0) is 18.2 Å². The number of rotatable bonds is 5. The van der Waals surface area contributed by atoms with E-state index in [1.165, 1.54) is 12.1 Å². The van der Waals surface area contributed by atoms with Crippen molar-refractivity contribution < 1.29 is 29.0 Å². The zero-order valence-corrected chi connectivity index (χ0v) is 10.6. The largest absolute Gasteiger partial charge is 0.481 e. The molecule has 0 heterocycles. The topological polar surface area (TPSA) is 116 Å². The van der Waals surface area contributed by atoms with Crippen LogP contribution in [-0.4, -0.2) is 34.2 Å². The first-order valence-corrected chi connectivity index (χ1v) is 5.64. The Morgan fingerprint density at radius 3 is 2.45 bits per heavy atom. The van der Waals surface area contributed by atoms with E-state index in [2.05, 4.69) is 5.32 Å². The molecule has 4 N–H and O–H groups in total. The average molecular weight is 305 g/mol. The molecule has 0 aliphatic carbocycles. The summed E-state index contributed by atoms with van der Waals surface area (Å²) < 4.78 is 13.4. The second-order valence-corrected chi connectivity index (χ2v) is 4.15. The molecular weight excluding hydrogens is 295 g/mol. The average Bonchev–Trinajstić information content (AvgIpc) is 2.31. The van der Waals surface area contributed by atoms with Crippen molar-refractivity contribution in [3.05, 3.63) is 29.0 Å². The van der Waals surface area contributed by atoms with Crippen LogP contribution in [0, 0.1) is 5.82 Å². The molecule has 0 saturated heterocycles. The van der Waals surface area contributed by atoms with Gasteiger partial charge in [0.2, 0.25) is 0 Å². The Kier molecular flexibility index (Phi) is 5.27. The van der Waals surface area contributed by atoms with Crippen LogP contribution in [0.5, 0.6) is 0 Å². The lowest BCUT2D eigenvalue weighted by molar-refractivity contribution is -0.145.